The highest BCUT2D eigenvalue weighted by molar-refractivity contribution is 5.91. The molecule has 0 N–H and O–H groups in total. The minimum atomic E-state index is 0.336. The van der Waals surface area contributed by atoms with Crippen molar-refractivity contribution in [2.45, 2.75) is 46.0 Å². The fourth-order valence-electron chi connectivity index (χ4n) is 3.22. The monoisotopic (exact) mass is 178 g/mol. The van der Waals surface area contributed by atoms with E-state index >= 15 is 0 Å². The van der Waals surface area contributed by atoms with Gasteiger partial charge < -0.3 is 0 Å². The van der Waals surface area contributed by atoms with Gasteiger partial charge in [0.15, 0.2) is 5.78 Å². The highest BCUT2D eigenvalue weighted by atomic mass is 16.1. The molecule has 1 heteroatoms. The summed E-state index contributed by atoms with van der Waals surface area (Å²) < 4.78 is 0. The smallest absolute Gasteiger partial charge is 0.155 e. The average molecular weight is 178 g/mol. The number of hydrogen-bond acceptors (Lipinski definition) is 1. The summed E-state index contributed by atoms with van der Waals surface area (Å²) in [5.74, 6) is 0.912. The van der Waals surface area contributed by atoms with Crippen molar-refractivity contribution in [3.63, 3.8) is 0 Å². The second kappa shape index (κ2) is 2.97. The van der Waals surface area contributed by atoms with Crippen LogP contribution in [-0.2, 0) is 4.79 Å². The second-order valence-electron chi connectivity index (χ2n) is 4.76. The standard InChI is InChI=1S/C12H18O/c1-9-7-11(13)8-10(2)12(9)5-3-4-6-12/h7,10H,3-6,8H2,1-2H3. The Morgan fingerprint density at radius 2 is 2.00 bits per heavy atom. The first-order valence-electron chi connectivity index (χ1n) is 5.37. The predicted molar refractivity (Wildman–Crippen MR) is 53.4 cm³/mol. The van der Waals surface area contributed by atoms with Crippen molar-refractivity contribution in [2.24, 2.45) is 11.3 Å². The van der Waals surface area contributed by atoms with Crippen LogP contribution in [0.2, 0.25) is 0 Å². The van der Waals surface area contributed by atoms with Crippen molar-refractivity contribution >= 4 is 5.78 Å². The largest absolute Gasteiger partial charge is 0.295 e. The minimum absolute atomic E-state index is 0.336. The van der Waals surface area contributed by atoms with Crippen LogP contribution in [0.25, 0.3) is 0 Å². The van der Waals surface area contributed by atoms with Gasteiger partial charge in [0.25, 0.3) is 0 Å². The Labute approximate surface area is 80.2 Å². The van der Waals surface area contributed by atoms with E-state index in [1.165, 1.54) is 31.3 Å². The van der Waals surface area contributed by atoms with E-state index in [1.54, 1.807) is 0 Å². The summed E-state index contributed by atoms with van der Waals surface area (Å²) in [4.78, 5) is 11.3. The van der Waals surface area contributed by atoms with Gasteiger partial charge in [-0.05, 0) is 37.2 Å². The van der Waals surface area contributed by atoms with Crippen molar-refractivity contribution in [1.82, 2.24) is 0 Å². The Hall–Kier alpha value is -0.590. The topological polar surface area (TPSA) is 17.1 Å². The lowest BCUT2D eigenvalue weighted by atomic mass is 9.65. The Bertz CT molecular complexity index is 256. The molecular weight excluding hydrogens is 160 g/mol. The van der Waals surface area contributed by atoms with Crippen LogP contribution >= 0.6 is 0 Å². The summed E-state index contributed by atoms with van der Waals surface area (Å²) >= 11 is 0. The van der Waals surface area contributed by atoms with Crippen molar-refractivity contribution in [3.05, 3.63) is 11.6 Å². The normalized spacial score (nSPS) is 32.3. The van der Waals surface area contributed by atoms with Crippen molar-refractivity contribution in [1.29, 1.82) is 0 Å². The third-order valence-electron chi connectivity index (χ3n) is 4.11. The number of carbonyl (C=O) groups is 1. The SMILES string of the molecule is CC1=CC(=O)CC(C)C12CCCC2. The first-order chi connectivity index (χ1) is 6.15. The first kappa shape index (κ1) is 8.98. The fraction of sp³-hybridized carbons (Fsp3) is 0.750. The minimum Gasteiger partial charge on any atom is -0.295 e. The van der Waals surface area contributed by atoms with Crippen LogP contribution in [0.4, 0.5) is 0 Å². The Kier molecular flexibility index (Phi) is 2.05. The van der Waals surface area contributed by atoms with Crippen LogP contribution in [0.3, 0.4) is 0 Å². The number of allylic oxidation sites excluding steroid dienone is 2. The maximum absolute atomic E-state index is 11.3. The molecule has 0 aliphatic heterocycles. The lowest BCUT2D eigenvalue weighted by molar-refractivity contribution is -0.117. The number of rotatable bonds is 0. The van der Waals surface area contributed by atoms with E-state index in [1.807, 2.05) is 6.08 Å². The van der Waals surface area contributed by atoms with Gasteiger partial charge in [0.2, 0.25) is 0 Å². The van der Waals surface area contributed by atoms with E-state index in [4.69, 9.17) is 0 Å². The molecule has 0 amide bonds. The van der Waals surface area contributed by atoms with Crippen molar-refractivity contribution < 1.29 is 4.79 Å². The van der Waals surface area contributed by atoms with E-state index in [9.17, 15) is 4.79 Å². The van der Waals surface area contributed by atoms with Gasteiger partial charge in [-0.25, -0.2) is 0 Å². The number of carbonyl (C=O) groups excluding carboxylic acids is 1. The first-order valence-corrected chi connectivity index (χ1v) is 5.37. The lowest BCUT2D eigenvalue weighted by Gasteiger charge is -2.39. The maximum Gasteiger partial charge on any atom is 0.155 e. The molecule has 1 spiro atoms. The van der Waals surface area contributed by atoms with Gasteiger partial charge in [0.1, 0.15) is 0 Å². The number of ketones is 1. The molecule has 0 saturated heterocycles. The van der Waals surface area contributed by atoms with Crippen LogP contribution in [0.5, 0.6) is 0 Å². The molecule has 0 radical (unpaired) electrons. The summed E-state index contributed by atoms with van der Waals surface area (Å²) in [6.07, 6.45) is 7.99. The molecule has 1 atom stereocenters. The highest BCUT2D eigenvalue weighted by Crippen LogP contribution is 2.52. The molecule has 0 aromatic carbocycles. The van der Waals surface area contributed by atoms with Crippen molar-refractivity contribution in [2.75, 3.05) is 0 Å². The van der Waals surface area contributed by atoms with E-state index in [0.717, 1.165) is 6.42 Å². The Balaban J connectivity index is 2.35. The van der Waals surface area contributed by atoms with Gasteiger partial charge in [-0.15, -0.1) is 0 Å². The van der Waals surface area contributed by atoms with Gasteiger partial charge in [-0.1, -0.05) is 25.3 Å². The van der Waals surface area contributed by atoms with E-state index in [2.05, 4.69) is 13.8 Å². The zero-order chi connectivity index (χ0) is 9.47. The van der Waals surface area contributed by atoms with Crippen LogP contribution in [0, 0.1) is 11.3 Å². The third kappa shape index (κ3) is 1.25. The van der Waals surface area contributed by atoms with E-state index in [-0.39, 0.29) is 0 Å². The Morgan fingerprint density at radius 1 is 1.38 bits per heavy atom. The third-order valence-corrected chi connectivity index (χ3v) is 4.11. The summed E-state index contributed by atoms with van der Waals surface area (Å²) in [5.41, 5.74) is 1.77. The Morgan fingerprint density at radius 3 is 2.54 bits per heavy atom. The number of hydrogen-bond donors (Lipinski definition) is 0. The van der Waals surface area contributed by atoms with Gasteiger partial charge in [0, 0.05) is 6.42 Å². The average Bonchev–Trinajstić information content (AvgIpc) is 2.50. The molecule has 0 bridgehead atoms. The molecule has 2 rings (SSSR count). The molecule has 1 unspecified atom stereocenters. The van der Waals surface area contributed by atoms with Gasteiger partial charge >= 0.3 is 0 Å². The molecule has 13 heavy (non-hydrogen) atoms. The van der Waals surface area contributed by atoms with Crippen LogP contribution < -0.4 is 0 Å². The molecule has 2 aliphatic carbocycles. The molecule has 0 aromatic heterocycles. The molecule has 1 fully saturated rings. The van der Waals surface area contributed by atoms with Crippen LogP contribution in [0.1, 0.15) is 46.0 Å². The summed E-state index contributed by atoms with van der Waals surface area (Å²) in [7, 11) is 0. The molecule has 2 aliphatic rings. The van der Waals surface area contributed by atoms with E-state index < -0.39 is 0 Å². The molecule has 1 nitrogen and oxygen atoms in total. The molecular formula is C12H18O. The van der Waals surface area contributed by atoms with Crippen molar-refractivity contribution in [3.8, 4) is 0 Å². The van der Waals surface area contributed by atoms with Crippen LogP contribution in [0.15, 0.2) is 11.6 Å². The zero-order valence-electron chi connectivity index (χ0n) is 8.60. The molecule has 72 valence electrons. The van der Waals surface area contributed by atoms with Gasteiger partial charge in [-0.2, -0.15) is 0 Å². The molecule has 0 heterocycles. The quantitative estimate of drug-likeness (QED) is 0.557. The lowest BCUT2D eigenvalue weighted by Crippen LogP contribution is -2.32. The van der Waals surface area contributed by atoms with Crippen LogP contribution in [-0.4, -0.2) is 5.78 Å². The summed E-state index contributed by atoms with van der Waals surface area (Å²) in [6.45, 7) is 4.40. The van der Waals surface area contributed by atoms with Gasteiger partial charge in [0.05, 0.1) is 0 Å². The summed E-state index contributed by atoms with van der Waals surface area (Å²) in [5, 5.41) is 0. The maximum atomic E-state index is 11.3. The second-order valence-corrected chi connectivity index (χ2v) is 4.76. The van der Waals surface area contributed by atoms with E-state index in [0.29, 0.717) is 17.1 Å². The fourth-order valence-corrected chi connectivity index (χ4v) is 3.22. The van der Waals surface area contributed by atoms with Gasteiger partial charge in [-0.3, -0.25) is 4.79 Å². The highest BCUT2D eigenvalue weighted by Gasteiger charge is 2.43. The predicted octanol–water partition coefficient (Wildman–Crippen LogP) is 3.10. The summed E-state index contributed by atoms with van der Waals surface area (Å²) in [6, 6.07) is 0. The molecule has 0 aromatic rings. The molecule has 1 saturated carbocycles. The zero-order valence-corrected chi connectivity index (χ0v) is 8.60.